The number of rotatable bonds is 10. The van der Waals surface area contributed by atoms with Crippen molar-refractivity contribution in [1.29, 1.82) is 0 Å². The first-order chi connectivity index (χ1) is 25.8. The zero-order valence-corrected chi connectivity index (χ0v) is 35.2. The number of esters is 1. The van der Waals surface area contributed by atoms with E-state index in [-0.39, 0.29) is 41.2 Å². The number of ether oxygens (including phenoxy) is 2. The predicted octanol–water partition coefficient (Wildman–Crippen LogP) is 8.00. The predicted molar refractivity (Wildman–Crippen MR) is 214 cm³/mol. The van der Waals surface area contributed by atoms with Crippen LogP contribution in [0.4, 0.5) is 4.79 Å². The van der Waals surface area contributed by atoms with Crippen molar-refractivity contribution in [2.24, 2.45) is 17.8 Å². The lowest BCUT2D eigenvalue weighted by Crippen LogP contribution is -2.41. The molecule has 0 saturated heterocycles. The van der Waals surface area contributed by atoms with Gasteiger partial charge in [-0.1, -0.05) is 13.8 Å². The molecule has 13 heteroatoms. The van der Waals surface area contributed by atoms with Crippen molar-refractivity contribution in [3.05, 3.63) is 47.6 Å². The Balaban J connectivity index is 0.000000190. The topological polar surface area (TPSA) is 154 Å². The van der Waals surface area contributed by atoms with Gasteiger partial charge >= 0.3 is 17.7 Å². The van der Waals surface area contributed by atoms with Crippen molar-refractivity contribution >= 4 is 56.6 Å². The Morgan fingerprint density at radius 2 is 1.55 bits per heavy atom. The molecule has 4 aliphatic carbocycles. The second-order valence-electron chi connectivity index (χ2n) is 18.1. The monoisotopic (exact) mass is 795 g/mol. The summed E-state index contributed by atoms with van der Waals surface area (Å²) >= 11 is 3.22. The number of amides is 2. The molecular weight excluding hydrogens is 739 g/mol. The van der Waals surface area contributed by atoms with E-state index in [2.05, 4.69) is 29.5 Å². The van der Waals surface area contributed by atoms with Crippen LogP contribution in [0.15, 0.2) is 9.21 Å². The fourth-order valence-corrected chi connectivity index (χ4v) is 9.78. The number of alkyl carbamates (subject to hydrolysis) is 1. The number of ketones is 1. The van der Waals surface area contributed by atoms with E-state index in [0.29, 0.717) is 60.9 Å². The molecule has 0 bridgehead atoms. The summed E-state index contributed by atoms with van der Waals surface area (Å²) < 4.78 is 16.3. The van der Waals surface area contributed by atoms with Gasteiger partial charge in [0.05, 0.1) is 5.56 Å². The molecule has 3 heterocycles. The van der Waals surface area contributed by atoms with E-state index in [1.165, 1.54) is 9.75 Å². The van der Waals surface area contributed by atoms with Gasteiger partial charge < -0.3 is 24.5 Å². The molecule has 2 N–H and O–H groups in total. The van der Waals surface area contributed by atoms with Gasteiger partial charge in [0.1, 0.15) is 27.2 Å². The highest BCUT2D eigenvalue weighted by Gasteiger charge is 2.35. The zero-order valence-electron chi connectivity index (χ0n) is 33.6. The van der Waals surface area contributed by atoms with E-state index >= 15 is 0 Å². The highest BCUT2D eigenvalue weighted by molar-refractivity contribution is 7.18. The molecule has 2 atom stereocenters. The molecule has 0 aliphatic heterocycles. The summed E-state index contributed by atoms with van der Waals surface area (Å²) in [6.45, 7) is 15.9. The van der Waals surface area contributed by atoms with Gasteiger partial charge in [-0.05, 0) is 129 Å². The Hall–Kier alpha value is -3.58. The quantitative estimate of drug-likeness (QED) is 0.194. The third-order valence-corrected chi connectivity index (χ3v) is 12.6. The lowest BCUT2D eigenvalue weighted by molar-refractivity contribution is -0.156. The van der Waals surface area contributed by atoms with Gasteiger partial charge in [0.25, 0.3) is 5.91 Å². The third kappa shape index (κ3) is 11.1. The van der Waals surface area contributed by atoms with Gasteiger partial charge in [-0.3, -0.25) is 14.4 Å². The Bertz CT molecular complexity index is 1990. The molecule has 0 radical (unpaired) electrons. The maximum absolute atomic E-state index is 13.1. The first-order valence-corrected chi connectivity index (χ1v) is 21.6. The number of aryl methyl sites for hydroxylation is 2. The molecule has 3 aromatic rings. The number of aromatic nitrogens is 1. The maximum Gasteiger partial charge on any atom is 0.407 e. The average molecular weight is 796 g/mol. The molecule has 300 valence electrons. The van der Waals surface area contributed by atoms with Crippen molar-refractivity contribution in [1.82, 2.24) is 15.6 Å². The van der Waals surface area contributed by atoms with Crippen LogP contribution in [0.1, 0.15) is 148 Å². The lowest BCUT2D eigenvalue weighted by Gasteiger charge is -2.26. The van der Waals surface area contributed by atoms with Crippen molar-refractivity contribution in [2.45, 2.75) is 156 Å². The summed E-state index contributed by atoms with van der Waals surface area (Å²) in [5, 5.41) is 6.56. The second kappa shape index (κ2) is 16.5. The van der Waals surface area contributed by atoms with Crippen LogP contribution in [0.3, 0.4) is 0 Å². The van der Waals surface area contributed by atoms with Crippen LogP contribution in [0.5, 0.6) is 0 Å². The minimum absolute atomic E-state index is 0.0392. The van der Waals surface area contributed by atoms with E-state index in [4.69, 9.17) is 13.9 Å². The fourth-order valence-electron chi connectivity index (χ4n) is 7.22. The van der Waals surface area contributed by atoms with Crippen LogP contribution in [0.25, 0.3) is 10.2 Å². The summed E-state index contributed by atoms with van der Waals surface area (Å²) in [5.41, 5.74) is 1.44. The van der Waals surface area contributed by atoms with Crippen LogP contribution in [0.2, 0.25) is 0 Å². The molecule has 2 unspecified atom stereocenters. The lowest BCUT2D eigenvalue weighted by atomic mass is 9.83. The Labute approximate surface area is 331 Å². The van der Waals surface area contributed by atoms with Crippen molar-refractivity contribution < 1.29 is 33.1 Å². The number of thiophene rings is 2. The summed E-state index contributed by atoms with van der Waals surface area (Å²) in [4.78, 5) is 71.0. The van der Waals surface area contributed by atoms with Gasteiger partial charge in [-0.15, -0.1) is 22.7 Å². The third-order valence-electron chi connectivity index (χ3n) is 10.1. The Morgan fingerprint density at radius 1 is 0.873 bits per heavy atom. The molecular formula is C42H57N3O8S2. The zero-order chi connectivity index (χ0) is 39.8. The summed E-state index contributed by atoms with van der Waals surface area (Å²) in [6, 6.07) is -0.0392. The van der Waals surface area contributed by atoms with E-state index in [1.807, 2.05) is 41.5 Å². The van der Waals surface area contributed by atoms with Crippen LogP contribution in [0, 0.1) is 17.8 Å². The van der Waals surface area contributed by atoms with Crippen LogP contribution < -0.4 is 16.3 Å². The summed E-state index contributed by atoms with van der Waals surface area (Å²) in [6.07, 6.45) is 9.13. The summed E-state index contributed by atoms with van der Waals surface area (Å²) in [5.74, 6) is 1.63. The van der Waals surface area contributed by atoms with Gasteiger partial charge in [0, 0.05) is 51.9 Å². The Morgan fingerprint density at radius 3 is 2.18 bits per heavy atom. The van der Waals surface area contributed by atoms with E-state index in [1.54, 1.807) is 22.7 Å². The normalized spacial score (nSPS) is 19.5. The smallest absolute Gasteiger partial charge is 0.407 e. The largest absolute Gasteiger partial charge is 0.460 e. The number of hydrogen-bond donors (Lipinski definition) is 2. The van der Waals surface area contributed by atoms with Gasteiger partial charge in [0.2, 0.25) is 5.89 Å². The van der Waals surface area contributed by atoms with Gasteiger partial charge in [-0.25, -0.2) is 14.6 Å². The van der Waals surface area contributed by atoms with Crippen LogP contribution in [-0.4, -0.2) is 52.5 Å². The van der Waals surface area contributed by atoms with Crippen LogP contribution >= 0.6 is 22.7 Å². The minimum atomic E-state index is -0.525. The highest BCUT2D eigenvalue weighted by atomic mass is 32.1. The van der Waals surface area contributed by atoms with E-state index in [0.717, 1.165) is 72.2 Å². The van der Waals surface area contributed by atoms with Gasteiger partial charge in [-0.2, -0.15) is 0 Å². The maximum atomic E-state index is 13.1. The standard InChI is InChI=1S/C24H35NO4S.C18H22N2O4S/c1-14(2)13-25-23(28)22-17-10-15(11-21(27)29-24(3,4)5)6-9-19(17)30-20(22)12-18(26)16-7-8-16;1-18(2,3)24-17(22)19-10-6-7-12-11(8-10)13-15(25-12)20-14(9-4-5-9)23-16(13)21/h14-16H,6-13H2,1-5H3,(H,25,28);9-10H,4-8H2,1-3H3,(H,19,22). The molecule has 0 aromatic carbocycles. The molecule has 4 aliphatic rings. The van der Waals surface area contributed by atoms with E-state index < -0.39 is 17.3 Å². The van der Waals surface area contributed by atoms with Crippen molar-refractivity contribution in [3.8, 4) is 0 Å². The number of nitrogens with zero attached hydrogens (tertiary/aromatic N) is 1. The highest BCUT2D eigenvalue weighted by Crippen LogP contribution is 2.42. The average Bonchev–Trinajstić information content (AvgIpc) is 4.00. The second-order valence-corrected chi connectivity index (χ2v) is 20.4. The van der Waals surface area contributed by atoms with Gasteiger partial charge in [0.15, 0.2) is 0 Å². The number of nitrogens with one attached hydrogen (secondary N) is 2. The molecule has 2 amide bonds. The number of carbonyl (C=O) groups is 4. The molecule has 2 saturated carbocycles. The molecule has 0 spiro atoms. The van der Waals surface area contributed by atoms with Crippen LogP contribution in [-0.2, 0) is 51.2 Å². The number of carbonyl (C=O) groups excluding carboxylic acids is 4. The van der Waals surface area contributed by atoms with E-state index in [9.17, 15) is 24.0 Å². The molecule has 55 heavy (non-hydrogen) atoms. The number of fused-ring (bicyclic) bond motifs is 4. The SMILES string of the molecule is CC(C)(C)OC(=O)NC1CCc2sc3nc(C4CC4)oc(=O)c3c2C1.CC(C)CNC(=O)c1c(CC(=O)C2CC2)sc2c1CC(CC(=O)OC(C)(C)C)CC2. The molecule has 3 aromatic heterocycles. The van der Waals surface area contributed by atoms with Crippen molar-refractivity contribution in [2.75, 3.05) is 6.54 Å². The fraction of sp³-hybridized carbons (Fsp3) is 0.667. The molecule has 2 fully saturated rings. The molecule has 7 rings (SSSR count). The summed E-state index contributed by atoms with van der Waals surface area (Å²) in [7, 11) is 0. The van der Waals surface area contributed by atoms with Crippen molar-refractivity contribution in [3.63, 3.8) is 0 Å². The number of hydrogen-bond acceptors (Lipinski definition) is 11. The molecule has 11 nitrogen and oxygen atoms in total. The first kappa shape index (κ1) is 41.1. The number of Topliss-reactive ketones (excluding diaryl/α,β-unsaturated/α-hetero) is 1. The minimum Gasteiger partial charge on any atom is -0.460 e. The first-order valence-electron chi connectivity index (χ1n) is 19.9. The Kier molecular flexibility index (Phi) is 12.3.